The summed E-state index contributed by atoms with van der Waals surface area (Å²) < 4.78 is 24.4. The molecule has 0 N–H and O–H groups in total. The van der Waals surface area contributed by atoms with Gasteiger partial charge in [0, 0.05) is 32.4 Å². The Labute approximate surface area is 153 Å². The summed E-state index contributed by atoms with van der Waals surface area (Å²) in [6, 6.07) is 15.7. The Bertz CT molecular complexity index is 682. The molecular formula is C21H24FNO3. The number of benzene rings is 2. The monoisotopic (exact) mass is 357 g/mol. The number of nitrogens with zero attached hydrogens (tertiary/aromatic N) is 1. The smallest absolute Gasteiger partial charge is 0.222 e. The zero-order valence-electron chi connectivity index (χ0n) is 14.8. The standard InChI is InChI=1S/C21H24FNO3/c22-17-8-10-19(11-9-17)26-20-12-14-23(15-13-20)21(24)7-4-16-25-18-5-2-1-3-6-18/h1-3,5-6,8-11,20H,4,7,12-16H2. The number of likely N-dealkylation sites (tertiary alicyclic amines) is 1. The van der Waals surface area contributed by atoms with Crippen LogP contribution in [0.3, 0.4) is 0 Å². The fourth-order valence-electron chi connectivity index (χ4n) is 3.02. The topological polar surface area (TPSA) is 38.8 Å². The van der Waals surface area contributed by atoms with Crippen molar-refractivity contribution >= 4 is 5.91 Å². The quantitative estimate of drug-likeness (QED) is 0.702. The Hall–Kier alpha value is -2.56. The molecule has 0 saturated carbocycles. The van der Waals surface area contributed by atoms with E-state index in [-0.39, 0.29) is 17.8 Å². The van der Waals surface area contributed by atoms with Crippen molar-refractivity contribution in [2.75, 3.05) is 19.7 Å². The van der Waals surface area contributed by atoms with E-state index in [4.69, 9.17) is 9.47 Å². The number of piperidine rings is 1. The van der Waals surface area contributed by atoms with Gasteiger partial charge in [0.15, 0.2) is 0 Å². The maximum absolute atomic E-state index is 12.9. The fraction of sp³-hybridized carbons (Fsp3) is 0.381. The summed E-state index contributed by atoms with van der Waals surface area (Å²) in [4.78, 5) is 14.2. The first-order valence-corrected chi connectivity index (χ1v) is 9.08. The summed E-state index contributed by atoms with van der Waals surface area (Å²) in [5.41, 5.74) is 0. The summed E-state index contributed by atoms with van der Waals surface area (Å²) >= 11 is 0. The number of carbonyl (C=O) groups is 1. The molecule has 5 heteroatoms. The van der Waals surface area contributed by atoms with Crippen molar-refractivity contribution in [1.29, 1.82) is 0 Å². The molecule has 2 aromatic rings. The highest BCUT2D eigenvalue weighted by Gasteiger charge is 2.23. The van der Waals surface area contributed by atoms with Crippen LogP contribution in [0, 0.1) is 5.82 Å². The average molecular weight is 357 g/mol. The number of hydrogen-bond donors (Lipinski definition) is 0. The largest absolute Gasteiger partial charge is 0.494 e. The number of halogens is 1. The van der Waals surface area contributed by atoms with Gasteiger partial charge < -0.3 is 14.4 Å². The molecular weight excluding hydrogens is 333 g/mol. The van der Waals surface area contributed by atoms with Gasteiger partial charge in [0.25, 0.3) is 0 Å². The van der Waals surface area contributed by atoms with Crippen molar-refractivity contribution in [1.82, 2.24) is 4.90 Å². The molecule has 0 aliphatic carbocycles. The van der Waals surface area contributed by atoms with Crippen LogP contribution in [0.2, 0.25) is 0 Å². The third-order valence-electron chi connectivity index (χ3n) is 4.46. The second kappa shape index (κ2) is 9.22. The van der Waals surface area contributed by atoms with Crippen LogP contribution in [0.25, 0.3) is 0 Å². The van der Waals surface area contributed by atoms with Gasteiger partial charge in [-0.25, -0.2) is 4.39 Å². The van der Waals surface area contributed by atoms with Crippen LogP contribution in [-0.2, 0) is 4.79 Å². The van der Waals surface area contributed by atoms with Crippen molar-refractivity contribution in [2.45, 2.75) is 31.8 Å². The van der Waals surface area contributed by atoms with E-state index in [2.05, 4.69) is 0 Å². The van der Waals surface area contributed by atoms with Crippen molar-refractivity contribution in [3.8, 4) is 11.5 Å². The van der Waals surface area contributed by atoms with Gasteiger partial charge in [-0.3, -0.25) is 4.79 Å². The van der Waals surface area contributed by atoms with E-state index in [1.165, 1.54) is 12.1 Å². The molecule has 2 aromatic carbocycles. The highest BCUT2D eigenvalue weighted by Crippen LogP contribution is 2.20. The van der Waals surface area contributed by atoms with Crippen molar-refractivity contribution in [3.05, 3.63) is 60.4 Å². The molecule has 26 heavy (non-hydrogen) atoms. The van der Waals surface area contributed by atoms with Gasteiger partial charge in [0.2, 0.25) is 5.91 Å². The molecule has 138 valence electrons. The Balaban J connectivity index is 1.33. The molecule has 0 radical (unpaired) electrons. The predicted molar refractivity (Wildman–Crippen MR) is 97.8 cm³/mol. The van der Waals surface area contributed by atoms with Crippen molar-refractivity contribution in [3.63, 3.8) is 0 Å². The van der Waals surface area contributed by atoms with E-state index in [9.17, 15) is 9.18 Å². The fourth-order valence-corrected chi connectivity index (χ4v) is 3.02. The van der Waals surface area contributed by atoms with E-state index in [1.807, 2.05) is 35.2 Å². The molecule has 1 aliphatic rings. The first-order valence-electron chi connectivity index (χ1n) is 9.08. The van der Waals surface area contributed by atoms with Gasteiger partial charge >= 0.3 is 0 Å². The SMILES string of the molecule is O=C(CCCOc1ccccc1)N1CCC(Oc2ccc(F)cc2)CC1. The summed E-state index contributed by atoms with van der Waals surface area (Å²) in [6.45, 7) is 1.94. The maximum Gasteiger partial charge on any atom is 0.222 e. The van der Waals surface area contributed by atoms with Gasteiger partial charge in [-0.2, -0.15) is 0 Å². The van der Waals surface area contributed by atoms with Crippen LogP contribution < -0.4 is 9.47 Å². The summed E-state index contributed by atoms with van der Waals surface area (Å²) in [6.07, 6.45) is 2.87. The van der Waals surface area contributed by atoms with Gasteiger partial charge in [-0.1, -0.05) is 18.2 Å². The molecule has 0 spiro atoms. The number of ether oxygens (including phenoxy) is 2. The van der Waals surface area contributed by atoms with E-state index in [1.54, 1.807) is 12.1 Å². The molecule has 4 nitrogen and oxygen atoms in total. The summed E-state index contributed by atoms with van der Waals surface area (Å²) in [5, 5.41) is 0. The molecule has 1 fully saturated rings. The molecule has 3 rings (SSSR count). The van der Waals surface area contributed by atoms with Crippen molar-refractivity contribution < 1.29 is 18.7 Å². The van der Waals surface area contributed by atoms with Gasteiger partial charge in [-0.05, 0) is 42.8 Å². The first-order chi connectivity index (χ1) is 12.7. The van der Waals surface area contributed by atoms with Gasteiger partial charge in [0.05, 0.1) is 6.61 Å². The van der Waals surface area contributed by atoms with Crippen LogP contribution in [0.5, 0.6) is 11.5 Å². The van der Waals surface area contributed by atoms with Gasteiger partial charge in [0.1, 0.15) is 23.4 Å². The third kappa shape index (κ3) is 5.48. The Kier molecular flexibility index (Phi) is 6.47. The second-order valence-electron chi connectivity index (χ2n) is 6.42. The Morgan fingerprint density at radius 2 is 1.69 bits per heavy atom. The molecule has 1 saturated heterocycles. The Morgan fingerprint density at radius 3 is 2.38 bits per heavy atom. The van der Waals surface area contributed by atoms with E-state index >= 15 is 0 Å². The van der Waals surface area contributed by atoms with Crippen LogP contribution in [-0.4, -0.2) is 36.6 Å². The average Bonchev–Trinajstić information content (AvgIpc) is 2.68. The lowest BCUT2D eigenvalue weighted by molar-refractivity contribution is -0.133. The van der Waals surface area contributed by atoms with Crippen LogP contribution >= 0.6 is 0 Å². The first kappa shape index (κ1) is 18.2. The molecule has 0 bridgehead atoms. The zero-order valence-corrected chi connectivity index (χ0v) is 14.8. The molecule has 1 heterocycles. The van der Waals surface area contributed by atoms with Crippen molar-refractivity contribution in [2.24, 2.45) is 0 Å². The van der Waals surface area contributed by atoms with E-state index < -0.39 is 0 Å². The minimum absolute atomic E-state index is 0.0749. The van der Waals surface area contributed by atoms with Crippen LogP contribution in [0.15, 0.2) is 54.6 Å². The number of para-hydroxylation sites is 1. The number of carbonyl (C=O) groups excluding carboxylic acids is 1. The predicted octanol–water partition coefficient (Wildman–Crippen LogP) is 4.05. The minimum Gasteiger partial charge on any atom is -0.494 e. The molecule has 0 atom stereocenters. The summed E-state index contributed by atoms with van der Waals surface area (Å²) in [5.74, 6) is 1.41. The lowest BCUT2D eigenvalue weighted by atomic mass is 10.1. The molecule has 0 unspecified atom stereocenters. The van der Waals surface area contributed by atoms with Gasteiger partial charge in [-0.15, -0.1) is 0 Å². The number of amides is 1. The summed E-state index contributed by atoms with van der Waals surface area (Å²) in [7, 11) is 0. The number of rotatable bonds is 7. The maximum atomic E-state index is 12.9. The lowest BCUT2D eigenvalue weighted by Gasteiger charge is -2.32. The number of hydrogen-bond acceptors (Lipinski definition) is 3. The van der Waals surface area contributed by atoms with Crippen LogP contribution in [0.1, 0.15) is 25.7 Å². The molecule has 0 aromatic heterocycles. The zero-order chi connectivity index (χ0) is 18.2. The minimum atomic E-state index is -0.269. The third-order valence-corrected chi connectivity index (χ3v) is 4.46. The molecule has 1 amide bonds. The second-order valence-corrected chi connectivity index (χ2v) is 6.42. The highest BCUT2D eigenvalue weighted by molar-refractivity contribution is 5.76. The van der Waals surface area contributed by atoms with E-state index in [0.717, 1.165) is 18.6 Å². The van der Waals surface area contributed by atoms with E-state index in [0.29, 0.717) is 38.3 Å². The lowest BCUT2D eigenvalue weighted by Crippen LogP contribution is -2.41. The highest BCUT2D eigenvalue weighted by atomic mass is 19.1. The molecule has 1 aliphatic heterocycles. The normalized spacial score (nSPS) is 14.9. The Morgan fingerprint density at radius 1 is 1.00 bits per heavy atom. The van der Waals surface area contributed by atoms with Crippen LogP contribution in [0.4, 0.5) is 4.39 Å².